The van der Waals surface area contributed by atoms with Gasteiger partial charge in [0.2, 0.25) is 5.95 Å². The van der Waals surface area contributed by atoms with Gasteiger partial charge in [0.05, 0.1) is 15.7 Å². The van der Waals surface area contributed by atoms with Gasteiger partial charge in [-0.05, 0) is 23.3 Å². The zero-order chi connectivity index (χ0) is 33.5. The van der Waals surface area contributed by atoms with Gasteiger partial charge in [0, 0.05) is 59.0 Å². The number of hydrogen-bond acceptors (Lipinski definition) is 7. The zero-order valence-electron chi connectivity index (χ0n) is 26.9. The number of hydrogen-bond donors (Lipinski definition) is 0. The van der Waals surface area contributed by atoms with Crippen molar-refractivity contribution in [1.82, 2.24) is 29.5 Å². The molecule has 51 heavy (non-hydrogen) atoms. The first-order valence-corrected chi connectivity index (χ1v) is 18.3. The Kier molecular flexibility index (Phi) is 6.19. The molecule has 0 bridgehead atoms. The Hall–Kier alpha value is -6.35. The molecule has 5 aromatic heterocycles. The van der Waals surface area contributed by atoms with Crippen LogP contribution in [0.3, 0.4) is 0 Å². The van der Waals surface area contributed by atoms with Crippen LogP contribution in [0.15, 0.2) is 146 Å². The minimum absolute atomic E-state index is 0.575. The first kappa shape index (κ1) is 28.5. The molecule has 0 atom stereocenters. The van der Waals surface area contributed by atoms with Gasteiger partial charge in [-0.3, -0.25) is 4.57 Å². The lowest BCUT2D eigenvalue weighted by Gasteiger charge is -2.12. The summed E-state index contributed by atoms with van der Waals surface area (Å²) in [4.78, 5) is 25.8. The lowest BCUT2D eigenvalue weighted by atomic mass is 10.0. The highest BCUT2D eigenvalue weighted by atomic mass is 32.1. The summed E-state index contributed by atoms with van der Waals surface area (Å²) in [7, 11) is 0. The van der Waals surface area contributed by atoms with E-state index in [2.05, 4.69) is 119 Å². The molecule has 0 radical (unpaired) electrons. The van der Waals surface area contributed by atoms with Gasteiger partial charge in [0.15, 0.2) is 11.6 Å². The van der Waals surface area contributed by atoms with Gasteiger partial charge in [0.25, 0.3) is 0 Å². The smallest absolute Gasteiger partial charge is 0.238 e. The number of thiophene rings is 2. The van der Waals surface area contributed by atoms with Gasteiger partial charge >= 0.3 is 0 Å². The van der Waals surface area contributed by atoms with Crippen LogP contribution in [-0.4, -0.2) is 29.5 Å². The molecule has 11 rings (SSSR count). The SMILES string of the molecule is c1ccc(-c2ccc(-c3nc(-c4ccccc4)nc(-n4c5ccccc5c5c6c7cncnc7sc6c6c7ccccc7sc6c54)n3)cc2)cc1. The number of rotatable bonds is 4. The molecule has 0 spiro atoms. The van der Waals surface area contributed by atoms with Crippen LogP contribution in [-0.2, 0) is 0 Å². The predicted octanol–water partition coefficient (Wildman–Crippen LogP) is 11.5. The second-order valence-corrected chi connectivity index (χ2v) is 14.6. The molecule has 6 nitrogen and oxygen atoms in total. The number of fused-ring (bicyclic) bond motifs is 12. The fourth-order valence-electron chi connectivity index (χ4n) is 7.37. The summed E-state index contributed by atoms with van der Waals surface area (Å²) in [6.45, 7) is 0. The van der Waals surface area contributed by atoms with Gasteiger partial charge in [-0.2, -0.15) is 9.97 Å². The Morgan fingerprint density at radius 3 is 1.88 bits per heavy atom. The van der Waals surface area contributed by atoms with Crippen molar-refractivity contribution in [3.05, 3.63) is 146 Å². The molecule has 238 valence electrons. The third-order valence-electron chi connectivity index (χ3n) is 9.64. The van der Waals surface area contributed by atoms with Crippen molar-refractivity contribution in [3.63, 3.8) is 0 Å². The average Bonchev–Trinajstić information content (AvgIpc) is 3.88. The molecule has 0 amide bonds. The largest absolute Gasteiger partial charge is 0.276 e. The minimum Gasteiger partial charge on any atom is -0.276 e. The molecule has 0 aliphatic heterocycles. The number of benzene rings is 6. The van der Waals surface area contributed by atoms with E-state index in [0.29, 0.717) is 17.6 Å². The average molecular weight is 689 g/mol. The molecule has 0 aliphatic carbocycles. The normalized spacial score (nSPS) is 11.9. The fourth-order valence-corrected chi connectivity index (χ4v) is 9.87. The molecule has 0 N–H and O–H groups in total. The van der Waals surface area contributed by atoms with Crippen LogP contribution in [0.1, 0.15) is 0 Å². The second-order valence-electron chi connectivity index (χ2n) is 12.5. The molecule has 5 heterocycles. The van der Waals surface area contributed by atoms with Crippen LogP contribution in [0.5, 0.6) is 0 Å². The van der Waals surface area contributed by atoms with Crippen molar-refractivity contribution in [2.24, 2.45) is 0 Å². The van der Waals surface area contributed by atoms with Gasteiger partial charge in [0.1, 0.15) is 11.2 Å². The van der Waals surface area contributed by atoms with Crippen LogP contribution in [0.2, 0.25) is 0 Å². The summed E-state index contributed by atoms with van der Waals surface area (Å²) in [6, 6.07) is 46.3. The van der Waals surface area contributed by atoms with Crippen LogP contribution in [0.25, 0.3) is 102 Å². The molecular weight excluding hydrogens is 665 g/mol. The highest BCUT2D eigenvalue weighted by Crippen LogP contribution is 2.51. The number of nitrogens with zero attached hydrogens (tertiary/aromatic N) is 6. The molecule has 0 saturated heterocycles. The van der Waals surface area contributed by atoms with E-state index in [1.165, 1.54) is 35.8 Å². The van der Waals surface area contributed by atoms with E-state index < -0.39 is 0 Å². The van der Waals surface area contributed by atoms with E-state index in [1.807, 2.05) is 41.8 Å². The van der Waals surface area contributed by atoms with Crippen molar-refractivity contribution in [2.75, 3.05) is 0 Å². The summed E-state index contributed by atoms with van der Waals surface area (Å²) in [5.74, 6) is 1.82. The quantitative estimate of drug-likeness (QED) is 0.184. The predicted molar refractivity (Wildman–Crippen MR) is 212 cm³/mol. The molecule has 0 unspecified atom stereocenters. The van der Waals surface area contributed by atoms with Gasteiger partial charge in [-0.25, -0.2) is 15.0 Å². The highest BCUT2D eigenvalue weighted by Gasteiger charge is 2.26. The Morgan fingerprint density at radius 2 is 1.10 bits per heavy atom. The second kappa shape index (κ2) is 11.1. The molecule has 0 saturated carbocycles. The highest BCUT2D eigenvalue weighted by molar-refractivity contribution is 7.30. The van der Waals surface area contributed by atoms with Crippen molar-refractivity contribution in [2.45, 2.75) is 0 Å². The summed E-state index contributed by atoms with van der Waals surface area (Å²) < 4.78 is 5.92. The van der Waals surface area contributed by atoms with E-state index in [1.54, 1.807) is 17.7 Å². The van der Waals surface area contributed by atoms with E-state index in [0.717, 1.165) is 48.7 Å². The van der Waals surface area contributed by atoms with Gasteiger partial charge in [-0.1, -0.05) is 121 Å². The van der Waals surface area contributed by atoms with Crippen molar-refractivity contribution < 1.29 is 0 Å². The fraction of sp³-hybridized carbons (Fsp3) is 0. The molecule has 8 heteroatoms. The van der Waals surface area contributed by atoms with Crippen LogP contribution < -0.4 is 0 Å². The summed E-state index contributed by atoms with van der Waals surface area (Å²) >= 11 is 3.56. The topological polar surface area (TPSA) is 69.4 Å². The monoisotopic (exact) mass is 688 g/mol. The van der Waals surface area contributed by atoms with Crippen LogP contribution in [0, 0.1) is 0 Å². The maximum absolute atomic E-state index is 5.29. The Morgan fingerprint density at radius 1 is 0.471 bits per heavy atom. The lowest BCUT2D eigenvalue weighted by Crippen LogP contribution is -2.06. The van der Waals surface area contributed by atoms with Crippen molar-refractivity contribution in [1.29, 1.82) is 0 Å². The zero-order valence-corrected chi connectivity index (χ0v) is 28.5. The molecule has 0 aliphatic rings. The standard InChI is InChI=1S/C43H24N6S2/c1-3-11-25(12-4-1)26-19-21-28(22-20-26)41-46-40(27-13-5-2-6-14-27)47-43(48-41)49-32-17-9-7-15-29(32)34-35-31-23-44-24-45-42(31)51-38(35)36-30-16-8-10-18-33(30)50-39(36)37(34)49/h1-24H. The van der Waals surface area contributed by atoms with Gasteiger partial charge in [-0.15, -0.1) is 22.7 Å². The Labute approximate surface area is 299 Å². The molecule has 0 fully saturated rings. The maximum Gasteiger partial charge on any atom is 0.238 e. The van der Waals surface area contributed by atoms with Crippen molar-refractivity contribution in [3.8, 4) is 39.9 Å². The Bertz CT molecular complexity index is 3130. The van der Waals surface area contributed by atoms with Crippen LogP contribution >= 0.6 is 22.7 Å². The number of para-hydroxylation sites is 1. The first-order chi connectivity index (χ1) is 25.3. The lowest BCUT2D eigenvalue weighted by molar-refractivity contribution is 0.955. The van der Waals surface area contributed by atoms with Crippen LogP contribution in [0.4, 0.5) is 0 Å². The summed E-state index contributed by atoms with van der Waals surface area (Å²) in [6.07, 6.45) is 3.60. The van der Waals surface area contributed by atoms with Crippen molar-refractivity contribution >= 4 is 85.0 Å². The van der Waals surface area contributed by atoms with E-state index in [9.17, 15) is 0 Å². The minimum atomic E-state index is 0.575. The third-order valence-corrected chi connectivity index (χ3v) is 11.9. The van der Waals surface area contributed by atoms with E-state index in [-0.39, 0.29) is 0 Å². The molecule has 6 aromatic carbocycles. The summed E-state index contributed by atoms with van der Waals surface area (Å²) in [5, 5.41) is 7.00. The summed E-state index contributed by atoms with van der Waals surface area (Å²) in [5.41, 5.74) is 6.28. The van der Waals surface area contributed by atoms with Gasteiger partial charge < -0.3 is 0 Å². The first-order valence-electron chi connectivity index (χ1n) is 16.7. The Balaban J connectivity index is 1.27. The molecular formula is C43H24N6S2. The molecule has 11 aromatic rings. The van der Waals surface area contributed by atoms with E-state index >= 15 is 0 Å². The number of aromatic nitrogens is 6. The maximum atomic E-state index is 5.29. The van der Waals surface area contributed by atoms with E-state index in [4.69, 9.17) is 19.9 Å². The third kappa shape index (κ3) is 4.30.